The quantitative estimate of drug-likeness (QED) is 0.377. The highest BCUT2D eigenvalue weighted by molar-refractivity contribution is 6.33. The van der Waals surface area contributed by atoms with Crippen LogP contribution in [0.25, 0.3) is 44.2 Å². The Morgan fingerprint density at radius 1 is 0.852 bits per heavy atom. The third-order valence-corrected chi connectivity index (χ3v) is 5.15. The minimum Gasteiger partial charge on any atom is -0.494 e. The second-order valence-corrected chi connectivity index (χ2v) is 6.89. The van der Waals surface area contributed by atoms with Gasteiger partial charge in [0.05, 0.1) is 16.8 Å². The van der Waals surface area contributed by atoms with E-state index in [2.05, 4.69) is 4.98 Å². The third-order valence-electron chi connectivity index (χ3n) is 4.82. The molecule has 2 aromatic heterocycles. The molecule has 130 valence electrons. The van der Waals surface area contributed by atoms with E-state index in [9.17, 15) is 5.11 Å². The molecule has 0 atom stereocenters. The molecule has 3 nitrogen and oxygen atoms in total. The van der Waals surface area contributed by atoms with Crippen molar-refractivity contribution in [3.8, 4) is 28.3 Å². The second kappa shape index (κ2) is 6.15. The summed E-state index contributed by atoms with van der Waals surface area (Å²) >= 11 is 6.37. The molecule has 0 spiro atoms. The fourth-order valence-corrected chi connectivity index (χ4v) is 3.75. The van der Waals surface area contributed by atoms with Crippen LogP contribution in [0.3, 0.4) is 0 Å². The summed E-state index contributed by atoms with van der Waals surface area (Å²) in [6.45, 7) is 0. The first-order valence-corrected chi connectivity index (χ1v) is 9.04. The lowest BCUT2D eigenvalue weighted by molar-refractivity contribution is 0.460. The number of nitrogens with zero attached hydrogens (tertiary/aromatic N) is 1. The first kappa shape index (κ1) is 15.9. The Kier molecular flexibility index (Phi) is 3.62. The zero-order valence-corrected chi connectivity index (χ0v) is 15.0. The van der Waals surface area contributed by atoms with Crippen LogP contribution in [0.1, 0.15) is 0 Å². The second-order valence-electron chi connectivity index (χ2n) is 6.48. The number of fused-ring (bicyclic) bond motifs is 2. The molecule has 0 aliphatic rings. The number of pyridine rings is 1. The lowest BCUT2D eigenvalue weighted by Crippen LogP contribution is -1.85. The Morgan fingerprint density at radius 3 is 2.56 bits per heavy atom. The van der Waals surface area contributed by atoms with Gasteiger partial charge < -0.3 is 10.1 Å². The monoisotopic (exact) mass is 370 g/mol. The first-order chi connectivity index (χ1) is 13.2. The van der Waals surface area contributed by atoms with Crippen LogP contribution in [-0.4, -0.2) is 15.1 Å². The lowest BCUT2D eigenvalue weighted by Gasteiger charge is -2.06. The molecule has 5 rings (SSSR count). The Bertz CT molecular complexity index is 1310. The summed E-state index contributed by atoms with van der Waals surface area (Å²) in [5.41, 5.74) is 5.13. The molecule has 0 saturated carbocycles. The van der Waals surface area contributed by atoms with Gasteiger partial charge in [0.15, 0.2) is 5.88 Å². The number of para-hydroxylation sites is 1. The summed E-state index contributed by atoms with van der Waals surface area (Å²) in [5.74, 6) is 0.115. The highest BCUT2D eigenvalue weighted by Gasteiger charge is 2.16. The van der Waals surface area contributed by atoms with Gasteiger partial charge in [-0.05, 0) is 35.9 Å². The zero-order chi connectivity index (χ0) is 18.4. The maximum atomic E-state index is 10.6. The number of nitrogens with one attached hydrogen (secondary N) is 1. The number of hydrogen-bond donors (Lipinski definition) is 2. The van der Waals surface area contributed by atoms with Crippen molar-refractivity contribution >= 4 is 33.4 Å². The highest BCUT2D eigenvalue weighted by Crippen LogP contribution is 2.39. The third kappa shape index (κ3) is 2.64. The van der Waals surface area contributed by atoms with Gasteiger partial charge in [0.1, 0.15) is 0 Å². The van der Waals surface area contributed by atoms with Crippen molar-refractivity contribution in [1.82, 2.24) is 9.97 Å². The Morgan fingerprint density at radius 2 is 1.67 bits per heavy atom. The Hall–Kier alpha value is -3.30. The molecule has 5 aromatic rings. The SMILES string of the molecule is Oc1[nH]c2ccc(-c3ccccc3Cl)cc2c1-c1ccc2ccccc2n1. The van der Waals surface area contributed by atoms with Crippen molar-refractivity contribution < 1.29 is 5.11 Å². The molecular weight excluding hydrogens is 356 g/mol. The smallest absolute Gasteiger partial charge is 0.199 e. The largest absolute Gasteiger partial charge is 0.494 e. The summed E-state index contributed by atoms with van der Waals surface area (Å²) in [5, 5.41) is 13.2. The number of benzene rings is 3. The fourth-order valence-electron chi connectivity index (χ4n) is 3.51. The zero-order valence-electron chi connectivity index (χ0n) is 14.3. The maximum Gasteiger partial charge on any atom is 0.199 e. The van der Waals surface area contributed by atoms with E-state index in [-0.39, 0.29) is 5.88 Å². The number of halogens is 1. The number of aromatic nitrogens is 2. The van der Waals surface area contributed by atoms with Crippen LogP contribution in [0, 0.1) is 0 Å². The van der Waals surface area contributed by atoms with E-state index in [0.717, 1.165) is 38.6 Å². The van der Waals surface area contributed by atoms with Gasteiger partial charge in [-0.25, -0.2) is 4.98 Å². The van der Waals surface area contributed by atoms with Crippen molar-refractivity contribution in [2.24, 2.45) is 0 Å². The van der Waals surface area contributed by atoms with Gasteiger partial charge in [0.2, 0.25) is 0 Å². The van der Waals surface area contributed by atoms with Crippen molar-refractivity contribution in [3.05, 3.63) is 83.9 Å². The van der Waals surface area contributed by atoms with E-state index >= 15 is 0 Å². The molecule has 0 fully saturated rings. The average molecular weight is 371 g/mol. The van der Waals surface area contributed by atoms with E-state index < -0.39 is 0 Å². The minimum atomic E-state index is 0.115. The van der Waals surface area contributed by atoms with Gasteiger partial charge in [-0.15, -0.1) is 0 Å². The predicted molar refractivity (Wildman–Crippen MR) is 111 cm³/mol. The molecule has 0 radical (unpaired) electrons. The molecule has 2 heterocycles. The first-order valence-electron chi connectivity index (χ1n) is 8.66. The molecule has 0 bridgehead atoms. The topological polar surface area (TPSA) is 48.9 Å². The summed E-state index contributed by atoms with van der Waals surface area (Å²) in [6.07, 6.45) is 0. The van der Waals surface area contributed by atoms with Crippen LogP contribution < -0.4 is 0 Å². The normalized spacial score (nSPS) is 11.3. The van der Waals surface area contributed by atoms with E-state index in [1.807, 2.05) is 78.9 Å². The summed E-state index contributed by atoms with van der Waals surface area (Å²) in [7, 11) is 0. The van der Waals surface area contributed by atoms with Crippen LogP contribution in [-0.2, 0) is 0 Å². The number of H-pyrrole nitrogens is 1. The van der Waals surface area contributed by atoms with Crippen LogP contribution in [0.2, 0.25) is 5.02 Å². The van der Waals surface area contributed by atoms with Gasteiger partial charge in [-0.2, -0.15) is 0 Å². The number of aromatic amines is 1. The fraction of sp³-hybridized carbons (Fsp3) is 0. The Labute approximate surface area is 160 Å². The maximum absolute atomic E-state index is 10.6. The molecular formula is C23H15ClN2O. The molecule has 0 unspecified atom stereocenters. The van der Waals surface area contributed by atoms with E-state index in [0.29, 0.717) is 10.6 Å². The van der Waals surface area contributed by atoms with Crippen LogP contribution in [0.15, 0.2) is 78.9 Å². The van der Waals surface area contributed by atoms with Gasteiger partial charge in [-0.3, -0.25) is 0 Å². The van der Waals surface area contributed by atoms with Crippen molar-refractivity contribution in [3.63, 3.8) is 0 Å². The number of aromatic hydroxyl groups is 1. The summed E-state index contributed by atoms with van der Waals surface area (Å²) in [4.78, 5) is 7.79. The highest BCUT2D eigenvalue weighted by atomic mass is 35.5. The average Bonchev–Trinajstić information content (AvgIpc) is 3.03. The molecule has 0 aliphatic carbocycles. The lowest BCUT2D eigenvalue weighted by atomic mass is 10.0. The molecule has 3 aromatic carbocycles. The van der Waals surface area contributed by atoms with Gasteiger partial charge >= 0.3 is 0 Å². The molecule has 2 N–H and O–H groups in total. The standard InChI is InChI=1S/C23H15ClN2O/c24-18-7-3-2-6-16(18)15-10-11-20-17(13-15)22(23(27)26-20)21-12-9-14-5-1-4-8-19(14)25-21/h1-13,26-27H. The summed E-state index contributed by atoms with van der Waals surface area (Å²) in [6, 6.07) is 25.6. The van der Waals surface area contributed by atoms with Gasteiger partial charge in [-0.1, -0.05) is 60.1 Å². The van der Waals surface area contributed by atoms with Crippen molar-refractivity contribution in [1.29, 1.82) is 0 Å². The van der Waals surface area contributed by atoms with Gasteiger partial charge in [0.25, 0.3) is 0 Å². The number of hydrogen-bond acceptors (Lipinski definition) is 2. The van der Waals surface area contributed by atoms with Crippen LogP contribution in [0.5, 0.6) is 5.88 Å². The Balaban J connectivity index is 1.75. The molecule has 0 saturated heterocycles. The number of rotatable bonds is 2. The minimum absolute atomic E-state index is 0.115. The molecule has 27 heavy (non-hydrogen) atoms. The van der Waals surface area contributed by atoms with Crippen LogP contribution in [0.4, 0.5) is 0 Å². The van der Waals surface area contributed by atoms with Gasteiger partial charge in [0, 0.05) is 26.9 Å². The van der Waals surface area contributed by atoms with E-state index in [1.165, 1.54) is 0 Å². The van der Waals surface area contributed by atoms with Crippen molar-refractivity contribution in [2.45, 2.75) is 0 Å². The van der Waals surface area contributed by atoms with E-state index in [4.69, 9.17) is 16.6 Å². The van der Waals surface area contributed by atoms with E-state index in [1.54, 1.807) is 0 Å². The summed E-state index contributed by atoms with van der Waals surface area (Å²) < 4.78 is 0. The molecule has 0 aliphatic heterocycles. The van der Waals surface area contributed by atoms with Crippen molar-refractivity contribution in [2.75, 3.05) is 0 Å². The molecule has 4 heteroatoms. The van der Waals surface area contributed by atoms with Crippen LogP contribution >= 0.6 is 11.6 Å². The molecule has 0 amide bonds. The predicted octanol–water partition coefficient (Wildman–Crippen LogP) is 6.41.